The zero-order valence-electron chi connectivity index (χ0n) is 12.2. The van der Waals surface area contributed by atoms with E-state index >= 15 is 0 Å². The molecule has 23 heavy (non-hydrogen) atoms. The van der Waals surface area contributed by atoms with Crippen molar-refractivity contribution in [1.29, 1.82) is 0 Å². The second-order valence-electron chi connectivity index (χ2n) is 4.97. The smallest absolute Gasteiger partial charge is 0.272 e. The average molecular weight is 305 g/mol. The number of amides is 1. The summed E-state index contributed by atoms with van der Waals surface area (Å²) in [6.45, 7) is 0. The number of hydrogen-bond donors (Lipinski definition) is 3. The van der Waals surface area contributed by atoms with Crippen LogP contribution in [0.25, 0.3) is 0 Å². The molecule has 0 spiro atoms. The number of H-pyrrole nitrogens is 1. The Labute approximate surface area is 133 Å². The molecule has 5 nitrogen and oxygen atoms in total. The van der Waals surface area contributed by atoms with Gasteiger partial charge in [0.2, 0.25) is 0 Å². The second-order valence-corrected chi connectivity index (χ2v) is 4.97. The van der Waals surface area contributed by atoms with Gasteiger partial charge >= 0.3 is 0 Å². The molecule has 0 unspecified atom stereocenters. The maximum Gasteiger partial charge on any atom is 0.272 e. The minimum absolute atomic E-state index is 0.290. The molecule has 0 aliphatic carbocycles. The first-order valence-corrected chi connectivity index (χ1v) is 7.12. The van der Waals surface area contributed by atoms with Crippen molar-refractivity contribution in [3.8, 4) is 0 Å². The highest BCUT2D eigenvalue weighted by Crippen LogP contribution is 2.19. The van der Waals surface area contributed by atoms with Crippen LogP contribution in [0.3, 0.4) is 0 Å². The summed E-state index contributed by atoms with van der Waals surface area (Å²) in [5, 5.41) is 6.04. The number of aldehydes is 1. The maximum atomic E-state index is 12.0. The van der Waals surface area contributed by atoms with Gasteiger partial charge in [-0.2, -0.15) is 0 Å². The molecule has 1 amide bonds. The molecule has 0 aliphatic rings. The Balaban J connectivity index is 1.65. The summed E-state index contributed by atoms with van der Waals surface area (Å²) < 4.78 is 0. The van der Waals surface area contributed by atoms with Crippen LogP contribution in [0.15, 0.2) is 66.7 Å². The molecule has 3 aromatic rings. The number of nitrogens with one attached hydrogen (secondary N) is 3. The van der Waals surface area contributed by atoms with Gasteiger partial charge in [0.25, 0.3) is 5.91 Å². The van der Waals surface area contributed by atoms with Crippen LogP contribution in [0.2, 0.25) is 0 Å². The van der Waals surface area contributed by atoms with E-state index in [1.807, 2.05) is 54.6 Å². The van der Waals surface area contributed by atoms with Crippen molar-refractivity contribution >= 4 is 29.3 Å². The summed E-state index contributed by atoms with van der Waals surface area (Å²) in [5.74, 6) is -0.290. The van der Waals surface area contributed by atoms with E-state index in [9.17, 15) is 9.59 Å². The van der Waals surface area contributed by atoms with Gasteiger partial charge in [-0.1, -0.05) is 18.2 Å². The number of carbonyl (C=O) groups is 2. The molecule has 2 aromatic carbocycles. The van der Waals surface area contributed by atoms with Crippen molar-refractivity contribution in [3.63, 3.8) is 0 Å². The minimum atomic E-state index is -0.290. The third-order valence-corrected chi connectivity index (χ3v) is 3.29. The monoisotopic (exact) mass is 305 g/mol. The number of hydrogen-bond acceptors (Lipinski definition) is 3. The highest BCUT2D eigenvalue weighted by atomic mass is 16.2. The lowest BCUT2D eigenvalue weighted by molar-refractivity contribution is 0.102. The van der Waals surface area contributed by atoms with Crippen molar-refractivity contribution < 1.29 is 9.59 Å². The number of aromatic amines is 1. The number of anilines is 3. The van der Waals surface area contributed by atoms with Gasteiger partial charge in [-0.25, -0.2) is 0 Å². The summed E-state index contributed by atoms with van der Waals surface area (Å²) in [7, 11) is 0. The average Bonchev–Trinajstić information content (AvgIpc) is 3.07. The lowest BCUT2D eigenvalue weighted by Gasteiger charge is -2.08. The van der Waals surface area contributed by atoms with Crippen LogP contribution in [0.5, 0.6) is 0 Å². The minimum Gasteiger partial charge on any atom is -0.356 e. The van der Waals surface area contributed by atoms with Gasteiger partial charge in [-0.3, -0.25) is 9.59 Å². The molecular formula is C18H15N3O2. The van der Waals surface area contributed by atoms with E-state index in [0.717, 1.165) is 11.4 Å². The van der Waals surface area contributed by atoms with Crippen LogP contribution in [0.1, 0.15) is 21.0 Å². The summed E-state index contributed by atoms with van der Waals surface area (Å²) in [6.07, 6.45) is 0.667. The normalized spacial score (nSPS) is 10.1. The zero-order chi connectivity index (χ0) is 16.1. The van der Waals surface area contributed by atoms with Crippen LogP contribution in [-0.2, 0) is 0 Å². The van der Waals surface area contributed by atoms with Crippen LogP contribution >= 0.6 is 0 Å². The second kappa shape index (κ2) is 6.62. The van der Waals surface area contributed by atoms with Gasteiger partial charge < -0.3 is 15.6 Å². The number of para-hydroxylation sites is 1. The van der Waals surface area contributed by atoms with Crippen molar-refractivity contribution in [1.82, 2.24) is 4.98 Å². The first-order chi connectivity index (χ1) is 11.2. The third kappa shape index (κ3) is 3.65. The summed E-state index contributed by atoms with van der Waals surface area (Å²) in [5.41, 5.74) is 3.32. The van der Waals surface area contributed by atoms with E-state index in [1.165, 1.54) is 0 Å². The van der Waals surface area contributed by atoms with E-state index < -0.39 is 0 Å². The first-order valence-electron chi connectivity index (χ1n) is 7.12. The summed E-state index contributed by atoms with van der Waals surface area (Å²) in [4.78, 5) is 25.4. The van der Waals surface area contributed by atoms with Gasteiger partial charge in [0.1, 0.15) is 5.69 Å². The van der Waals surface area contributed by atoms with E-state index in [0.29, 0.717) is 23.4 Å². The summed E-state index contributed by atoms with van der Waals surface area (Å²) >= 11 is 0. The van der Waals surface area contributed by atoms with Gasteiger partial charge in [0.15, 0.2) is 6.29 Å². The van der Waals surface area contributed by atoms with Gasteiger partial charge in [0, 0.05) is 17.1 Å². The Bertz CT molecular complexity index is 808. The molecule has 0 radical (unpaired) electrons. The van der Waals surface area contributed by atoms with Crippen LogP contribution < -0.4 is 10.6 Å². The van der Waals surface area contributed by atoms with Crippen LogP contribution in [0, 0.1) is 0 Å². The lowest BCUT2D eigenvalue weighted by Crippen LogP contribution is -2.12. The standard InChI is InChI=1S/C18H15N3O2/c22-12-16-10-11-17(20-16)18(23)21-15-8-6-14(7-9-15)19-13-4-2-1-3-5-13/h1-12,19-20H,(H,21,23). The van der Waals surface area contributed by atoms with Crippen LogP contribution in [-0.4, -0.2) is 17.2 Å². The van der Waals surface area contributed by atoms with E-state index in [-0.39, 0.29) is 5.91 Å². The van der Waals surface area contributed by atoms with Crippen molar-refractivity contribution in [2.24, 2.45) is 0 Å². The molecule has 3 rings (SSSR count). The van der Waals surface area contributed by atoms with Crippen molar-refractivity contribution in [2.45, 2.75) is 0 Å². The van der Waals surface area contributed by atoms with Crippen molar-refractivity contribution in [2.75, 3.05) is 10.6 Å². The first kappa shape index (κ1) is 14.6. The quantitative estimate of drug-likeness (QED) is 0.627. The number of carbonyl (C=O) groups excluding carboxylic acids is 2. The maximum absolute atomic E-state index is 12.0. The molecule has 0 bridgehead atoms. The highest BCUT2D eigenvalue weighted by Gasteiger charge is 2.08. The molecular weight excluding hydrogens is 290 g/mol. The fourth-order valence-corrected chi connectivity index (χ4v) is 2.14. The molecule has 0 aliphatic heterocycles. The fourth-order valence-electron chi connectivity index (χ4n) is 2.14. The predicted octanol–water partition coefficient (Wildman–Crippen LogP) is 3.82. The Morgan fingerprint density at radius 1 is 0.826 bits per heavy atom. The molecule has 1 heterocycles. The van der Waals surface area contributed by atoms with E-state index in [2.05, 4.69) is 15.6 Å². The third-order valence-electron chi connectivity index (χ3n) is 3.29. The zero-order valence-corrected chi connectivity index (χ0v) is 12.2. The Morgan fingerprint density at radius 2 is 1.48 bits per heavy atom. The van der Waals surface area contributed by atoms with Gasteiger partial charge in [-0.15, -0.1) is 0 Å². The molecule has 3 N–H and O–H groups in total. The number of rotatable bonds is 5. The highest BCUT2D eigenvalue weighted by molar-refractivity contribution is 6.03. The molecule has 0 saturated heterocycles. The molecule has 0 saturated carbocycles. The molecule has 0 fully saturated rings. The van der Waals surface area contributed by atoms with E-state index in [1.54, 1.807) is 12.1 Å². The topological polar surface area (TPSA) is 74.0 Å². The molecule has 1 aromatic heterocycles. The molecule has 114 valence electrons. The van der Waals surface area contributed by atoms with Gasteiger partial charge in [0.05, 0.1) is 5.69 Å². The largest absolute Gasteiger partial charge is 0.356 e. The van der Waals surface area contributed by atoms with Gasteiger partial charge in [-0.05, 0) is 48.5 Å². The fraction of sp³-hybridized carbons (Fsp3) is 0. The Morgan fingerprint density at radius 3 is 2.13 bits per heavy atom. The van der Waals surface area contributed by atoms with E-state index in [4.69, 9.17) is 0 Å². The van der Waals surface area contributed by atoms with Crippen LogP contribution in [0.4, 0.5) is 17.1 Å². The Kier molecular flexibility index (Phi) is 4.20. The predicted molar refractivity (Wildman–Crippen MR) is 90.3 cm³/mol. The number of benzene rings is 2. The Hall–Kier alpha value is -3.34. The molecule has 0 atom stereocenters. The number of aromatic nitrogens is 1. The van der Waals surface area contributed by atoms with Crippen molar-refractivity contribution in [3.05, 3.63) is 78.1 Å². The summed E-state index contributed by atoms with van der Waals surface area (Å²) in [6, 6.07) is 20.4. The lowest BCUT2D eigenvalue weighted by atomic mass is 10.2. The molecule has 5 heteroatoms. The SMILES string of the molecule is O=Cc1ccc(C(=O)Nc2ccc(Nc3ccccc3)cc2)[nH]1.